The molecule has 1 saturated heterocycles. The van der Waals surface area contributed by atoms with Gasteiger partial charge in [-0.15, -0.1) is 10.2 Å². The van der Waals surface area contributed by atoms with Gasteiger partial charge in [0.1, 0.15) is 5.54 Å². The Hall–Kier alpha value is -3.23. The Kier molecular flexibility index (Phi) is 4.93. The molecule has 1 fully saturated rings. The first-order chi connectivity index (χ1) is 13.1. The van der Waals surface area contributed by atoms with Crippen molar-refractivity contribution in [1.29, 1.82) is 0 Å². The minimum atomic E-state index is -0.981. The number of urea groups is 1. The summed E-state index contributed by atoms with van der Waals surface area (Å²) in [6, 6.07) is 5.15. The van der Waals surface area contributed by atoms with E-state index in [1.54, 1.807) is 13.8 Å². The molecule has 0 saturated carbocycles. The van der Waals surface area contributed by atoms with Gasteiger partial charge in [-0.1, -0.05) is 19.9 Å². The standard InChI is InChI=1S/C19H23N5O4/c1-10(2)11-5-6-13-12(9-11)15(16(26)20-13)23-22-14(25)7-8-24-17(27)19(3,4)21-18(24)28/h5-6,9-10,20,26H,7-8H2,1-4H3,(H,21,28). The van der Waals surface area contributed by atoms with Gasteiger partial charge >= 0.3 is 6.03 Å². The van der Waals surface area contributed by atoms with Crippen LogP contribution in [-0.2, 0) is 9.59 Å². The van der Waals surface area contributed by atoms with Crippen molar-refractivity contribution in [3.63, 3.8) is 0 Å². The first-order valence-corrected chi connectivity index (χ1v) is 9.03. The third-order valence-corrected chi connectivity index (χ3v) is 4.70. The Morgan fingerprint density at radius 1 is 1.29 bits per heavy atom. The number of aromatic amines is 1. The molecule has 28 heavy (non-hydrogen) atoms. The SMILES string of the molecule is CC(C)c1ccc2[nH]c(O)c(N=NC(=O)CCN3C(=O)NC(C)(C)C3=O)c2c1. The molecule has 9 nitrogen and oxygen atoms in total. The molecule has 1 aromatic heterocycles. The van der Waals surface area contributed by atoms with E-state index in [-0.39, 0.29) is 24.5 Å². The van der Waals surface area contributed by atoms with Gasteiger partial charge in [-0.25, -0.2) is 4.79 Å². The van der Waals surface area contributed by atoms with Crippen LogP contribution in [0.4, 0.5) is 10.5 Å². The number of H-pyrrole nitrogens is 1. The van der Waals surface area contributed by atoms with E-state index in [1.165, 1.54) is 0 Å². The average molecular weight is 385 g/mol. The highest BCUT2D eigenvalue weighted by molar-refractivity contribution is 6.06. The van der Waals surface area contributed by atoms with Gasteiger partial charge in [-0.05, 0) is 37.5 Å². The van der Waals surface area contributed by atoms with Crippen molar-refractivity contribution in [2.45, 2.75) is 45.6 Å². The molecule has 0 bridgehead atoms. The van der Waals surface area contributed by atoms with Crippen LogP contribution in [-0.4, -0.2) is 44.9 Å². The maximum Gasteiger partial charge on any atom is 0.325 e. The van der Waals surface area contributed by atoms with Crippen molar-refractivity contribution in [2.24, 2.45) is 10.2 Å². The highest BCUT2D eigenvalue weighted by atomic mass is 16.3. The smallest absolute Gasteiger partial charge is 0.325 e. The predicted octanol–water partition coefficient (Wildman–Crippen LogP) is 3.33. The first kappa shape index (κ1) is 19.5. The first-order valence-electron chi connectivity index (χ1n) is 9.03. The number of nitrogens with zero attached hydrogens (tertiary/aromatic N) is 3. The molecule has 1 aliphatic rings. The summed E-state index contributed by atoms with van der Waals surface area (Å²) in [4.78, 5) is 39.8. The lowest BCUT2D eigenvalue weighted by molar-refractivity contribution is -0.130. The average Bonchev–Trinajstić information content (AvgIpc) is 3.03. The van der Waals surface area contributed by atoms with Crippen molar-refractivity contribution in [2.75, 3.05) is 6.54 Å². The molecule has 0 unspecified atom stereocenters. The molecule has 0 aliphatic carbocycles. The molecule has 4 amide bonds. The monoisotopic (exact) mass is 385 g/mol. The van der Waals surface area contributed by atoms with E-state index in [1.807, 2.05) is 18.2 Å². The number of hydrogen-bond acceptors (Lipinski definition) is 5. The summed E-state index contributed by atoms with van der Waals surface area (Å²) in [6.07, 6.45) is -0.154. The predicted molar refractivity (Wildman–Crippen MR) is 103 cm³/mol. The van der Waals surface area contributed by atoms with E-state index < -0.39 is 23.4 Å². The van der Waals surface area contributed by atoms with Crippen molar-refractivity contribution in [1.82, 2.24) is 15.2 Å². The topological polar surface area (TPSA) is 127 Å². The minimum Gasteiger partial charge on any atom is -0.493 e. The van der Waals surface area contributed by atoms with Gasteiger partial charge in [-0.2, -0.15) is 0 Å². The molecule has 148 valence electrons. The van der Waals surface area contributed by atoms with Gasteiger partial charge in [0.25, 0.3) is 11.8 Å². The number of aromatic nitrogens is 1. The maximum atomic E-state index is 12.1. The molecule has 9 heteroatoms. The zero-order valence-electron chi connectivity index (χ0n) is 16.2. The van der Waals surface area contributed by atoms with Gasteiger partial charge in [0.2, 0.25) is 5.88 Å². The summed E-state index contributed by atoms with van der Waals surface area (Å²) in [7, 11) is 0. The van der Waals surface area contributed by atoms with Gasteiger partial charge in [0.05, 0.1) is 5.52 Å². The van der Waals surface area contributed by atoms with Gasteiger partial charge in [0, 0.05) is 18.4 Å². The van der Waals surface area contributed by atoms with E-state index in [0.29, 0.717) is 16.8 Å². The van der Waals surface area contributed by atoms with Crippen LogP contribution in [0, 0.1) is 0 Å². The van der Waals surface area contributed by atoms with E-state index in [0.717, 1.165) is 10.5 Å². The number of carbonyl (C=O) groups is 3. The number of rotatable bonds is 5. The number of azo groups is 1. The highest BCUT2D eigenvalue weighted by Gasteiger charge is 2.43. The van der Waals surface area contributed by atoms with Crippen molar-refractivity contribution < 1.29 is 19.5 Å². The number of carbonyl (C=O) groups excluding carboxylic acids is 3. The molecular weight excluding hydrogens is 362 g/mol. The summed E-state index contributed by atoms with van der Waals surface area (Å²) in [5.74, 6) is -0.874. The third-order valence-electron chi connectivity index (χ3n) is 4.70. The molecule has 2 heterocycles. The zero-order chi connectivity index (χ0) is 20.6. The van der Waals surface area contributed by atoms with Crippen LogP contribution in [0.25, 0.3) is 10.9 Å². The van der Waals surface area contributed by atoms with Crippen molar-refractivity contribution in [3.05, 3.63) is 23.8 Å². The second-order valence-corrected chi connectivity index (χ2v) is 7.64. The Morgan fingerprint density at radius 3 is 2.61 bits per heavy atom. The second kappa shape index (κ2) is 7.06. The van der Waals surface area contributed by atoms with E-state index in [2.05, 4.69) is 34.4 Å². The maximum absolute atomic E-state index is 12.1. The quantitative estimate of drug-likeness (QED) is 0.539. The second-order valence-electron chi connectivity index (χ2n) is 7.64. The number of benzene rings is 1. The largest absolute Gasteiger partial charge is 0.493 e. The highest BCUT2D eigenvalue weighted by Crippen LogP contribution is 2.37. The van der Waals surface area contributed by atoms with E-state index >= 15 is 0 Å². The summed E-state index contributed by atoms with van der Waals surface area (Å²) < 4.78 is 0. The molecule has 2 aromatic rings. The van der Waals surface area contributed by atoms with Crippen LogP contribution < -0.4 is 5.32 Å². The van der Waals surface area contributed by atoms with E-state index in [9.17, 15) is 19.5 Å². The zero-order valence-corrected chi connectivity index (χ0v) is 16.2. The van der Waals surface area contributed by atoms with Crippen LogP contribution in [0.2, 0.25) is 0 Å². The van der Waals surface area contributed by atoms with Crippen LogP contribution in [0.15, 0.2) is 28.4 Å². The van der Waals surface area contributed by atoms with E-state index in [4.69, 9.17) is 0 Å². The number of hydrogen-bond donors (Lipinski definition) is 3. The number of amides is 4. The number of aromatic hydroxyl groups is 1. The number of nitrogens with one attached hydrogen (secondary N) is 2. The molecule has 3 rings (SSSR count). The Balaban J connectivity index is 1.72. The molecule has 0 spiro atoms. The summed E-state index contributed by atoms with van der Waals surface area (Å²) in [5.41, 5.74) is 0.952. The lowest BCUT2D eigenvalue weighted by Crippen LogP contribution is -2.40. The molecule has 1 aliphatic heterocycles. The lowest BCUT2D eigenvalue weighted by Gasteiger charge is -2.14. The fourth-order valence-electron chi connectivity index (χ4n) is 3.03. The molecule has 1 aromatic carbocycles. The van der Waals surface area contributed by atoms with Crippen LogP contribution in [0.3, 0.4) is 0 Å². The third kappa shape index (κ3) is 3.60. The Bertz CT molecular complexity index is 990. The van der Waals surface area contributed by atoms with Crippen molar-refractivity contribution >= 4 is 34.4 Å². The Labute approximate surface area is 161 Å². The van der Waals surface area contributed by atoms with Crippen molar-refractivity contribution in [3.8, 4) is 5.88 Å². The van der Waals surface area contributed by atoms with Gasteiger partial charge < -0.3 is 15.4 Å². The summed E-state index contributed by atoms with van der Waals surface area (Å²) in [6.45, 7) is 7.22. The normalized spacial score (nSPS) is 16.5. The minimum absolute atomic E-state index is 0.0800. The molecule has 0 radical (unpaired) electrons. The summed E-state index contributed by atoms with van der Waals surface area (Å²) in [5, 5.41) is 20.8. The fourth-order valence-corrected chi connectivity index (χ4v) is 3.03. The van der Waals surface area contributed by atoms with Crippen LogP contribution in [0.5, 0.6) is 5.88 Å². The fraction of sp³-hybridized carbons (Fsp3) is 0.421. The number of imide groups is 1. The van der Waals surface area contributed by atoms with Crippen LogP contribution >= 0.6 is 0 Å². The molecule has 3 N–H and O–H groups in total. The number of fused-ring (bicyclic) bond motifs is 1. The van der Waals surface area contributed by atoms with Gasteiger partial charge in [-0.3, -0.25) is 14.5 Å². The lowest BCUT2D eigenvalue weighted by atomic mass is 10.0. The molecule has 0 atom stereocenters. The molecular formula is C19H23N5O4. The van der Waals surface area contributed by atoms with Crippen LogP contribution in [0.1, 0.15) is 45.6 Å². The van der Waals surface area contributed by atoms with Gasteiger partial charge in [0.15, 0.2) is 5.69 Å². The Morgan fingerprint density at radius 2 is 2.00 bits per heavy atom. The summed E-state index contributed by atoms with van der Waals surface area (Å²) >= 11 is 0.